The average molecular weight is 1440 g/mol. The highest BCUT2D eigenvalue weighted by atomic mass is 127. The molecule has 3 aliphatic rings. The number of rotatable bonds is 27. The summed E-state index contributed by atoms with van der Waals surface area (Å²) in [6, 6.07) is 37.2. The first kappa shape index (κ1) is 66.8. The molecule has 0 heterocycles. The summed E-state index contributed by atoms with van der Waals surface area (Å²) in [7, 11) is -0.528. The molecule has 0 atom stereocenters. The van der Waals surface area contributed by atoms with E-state index in [1.54, 1.807) is 0 Å². The van der Waals surface area contributed by atoms with Crippen molar-refractivity contribution >= 4 is 74.0 Å². The molecule has 0 bridgehead atoms. The predicted molar refractivity (Wildman–Crippen MR) is 361 cm³/mol. The molecule has 3 saturated carbocycles. The zero-order chi connectivity index (χ0) is 62.3. The van der Waals surface area contributed by atoms with Gasteiger partial charge < -0.3 is 42.6 Å². The average Bonchev–Trinajstić information content (AvgIpc) is 3.63. The summed E-state index contributed by atoms with van der Waals surface area (Å²) in [6.45, 7) is 15.0. The maximum Gasteiger partial charge on any atom is 0.344 e. The third-order valence-corrected chi connectivity index (χ3v) is 21.5. The molecule has 9 rings (SSSR count). The van der Waals surface area contributed by atoms with Crippen molar-refractivity contribution in [3.8, 4) is 34.5 Å². The van der Waals surface area contributed by atoms with Crippen LogP contribution in [0, 0.1) is 34.8 Å². The minimum Gasteiger partial charge on any atom is -0.489 e. The topological polar surface area (TPSA) is 134 Å². The summed E-state index contributed by atoms with van der Waals surface area (Å²) in [4.78, 5) is 42.3. The van der Waals surface area contributed by atoms with Gasteiger partial charge in [0.1, 0.15) is 71.1 Å². The molecule has 3 fully saturated rings. The van der Waals surface area contributed by atoms with Gasteiger partial charge in [0, 0.05) is 0 Å². The van der Waals surface area contributed by atoms with Crippen molar-refractivity contribution in [3.63, 3.8) is 0 Å². The van der Waals surface area contributed by atoms with Crippen molar-refractivity contribution in [1.82, 2.24) is 0 Å². The van der Waals surface area contributed by atoms with Crippen LogP contribution < -0.4 is 28.4 Å². The van der Waals surface area contributed by atoms with Crippen LogP contribution in [0.5, 0.6) is 34.5 Å². The minimum absolute atomic E-state index is 0.120. The van der Waals surface area contributed by atoms with E-state index in [2.05, 4.69) is 127 Å². The van der Waals surface area contributed by atoms with Gasteiger partial charge in [0.05, 0.1) is 18.0 Å². The molecule has 0 aromatic heterocycles. The number of ether oxygens (including phenoxy) is 9. The highest BCUT2D eigenvalue weighted by Gasteiger charge is 2.37. The summed E-state index contributed by atoms with van der Waals surface area (Å²) >= 11 is 4.53. The monoisotopic (exact) mass is 1440 g/mol. The van der Waals surface area contributed by atoms with Crippen LogP contribution in [0.1, 0.15) is 175 Å². The lowest BCUT2D eigenvalue weighted by atomic mass is 9.83. The Kier molecular flexibility index (Phi) is 23.8. The normalized spacial score (nSPS) is 16.0. The Morgan fingerprint density at radius 1 is 0.375 bits per heavy atom. The number of halogens is 2. The Labute approximate surface area is 551 Å². The molecular formula is C73H87I2O12S+. The fraction of sp³-hybridized carbons (Fsp3) is 0.466. The van der Waals surface area contributed by atoms with Crippen LogP contribution in [0.15, 0.2) is 124 Å². The molecule has 6 aromatic carbocycles. The van der Waals surface area contributed by atoms with Gasteiger partial charge in [-0.15, -0.1) is 0 Å². The van der Waals surface area contributed by atoms with Gasteiger partial charge in [0.15, 0.2) is 34.5 Å². The van der Waals surface area contributed by atoms with Gasteiger partial charge in [-0.1, -0.05) is 40.0 Å². The zero-order valence-corrected chi connectivity index (χ0v) is 57.6. The summed E-state index contributed by atoms with van der Waals surface area (Å²) in [5, 5.41) is 0. The van der Waals surface area contributed by atoms with E-state index in [0.717, 1.165) is 174 Å². The molecule has 470 valence electrons. The molecule has 0 aliphatic heterocycles. The van der Waals surface area contributed by atoms with E-state index in [9.17, 15) is 14.4 Å². The van der Waals surface area contributed by atoms with Crippen molar-refractivity contribution in [2.24, 2.45) is 0 Å². The second-order valence-corrected chi connectivity index (χ2v) is 28.5. The molecule has 6 aromatic rings. The number of esters is 3. The molecule has 88 heavy (non-hydrogen) atoms. The lowest BCUT2D eigenvalue weighted by Crippen LogP contribution is -2.38. The predicted octanol–water partition coefficient (Wildman–Crippen LogP) is 18.1. The van der Waals surface area contributed by atoms with E-state index in [0.29, 0.717) is 37.1 Å². The molecule has 15 heteroatoms. The van der Waals surface area contributed by atoms with Crippen molar-refractivity contribution in [2.45, 2.75) is 215 Å². The van der Waals surface area contributed by atoms with Crippen molar-refractivity contribution in [1.29, 1.82) is 0 Å². The quantitative estimate of drug-likeness (QED) is 0.0210. The Balaban J connectivity index is 0.853. The maximum atomic E-state index is 13.0. The fourth-order valence-electron chi connectivity index (χ4n) is 12.8. The Morgan fingerprint density at radius 3 is 0.909 bits per heavy atom. The van der Waals surface area contributed by atoms with Crippen molar-refractivity contribution in [2.75, 3.05) is 19.8 Å². The number of benzene rings is 6. The molecule has 0 unspecified atom stereocenters. The van der Waals surface area contributed by atoms with Crippen LogP contribution >= 0.6 is 45.2 Å². The molecule has 0 amide bonds. The molecule has 0 N–H and O–H groups in total. The SMILES string of the molecule is CCC1(OC(=O)COc2c(C)cc(COc3ccc([S+](c4ccc(OCc5cc(C)c(OCC(=O)OC6(CC)CCCCC6)c(C)c5)cc4)c4ccc(OCc5cc(I)c(OCC(=O)OC6(CC)CCCCC6)c(I)c5)cc4)cc3)cc2C)CCCCC1. The van der Waals surface area contributed by atoms with Gasteiger partial charge in [0.25, 0.3) is 0 Å². The fourth-order valence-corrected chi connectivity index (χ4v) is 17.1. The Morgan fingerprint density at radius 2 is 0.636 bits per heavy atom. The maximum absolute atomic E-state index is 13.0. The van der Waals surface area contributed by atoms with E-state index in [1.807, 2.05) is 76.2 Å². The van der Waals surface area contributed by atoms with Crippen LogP contribution in [-0.4, -0.2) is 54.5 Å². The van der Waals surface area contributed by atoms with Crippen LogP contribution in [-0.2, 0) is 59.3 Å². The summed E-state index contributed by atoms with van der Waals surface area (Å²) < 4.78 is 57.3. The molecule has 3 aliphatic carbocycles. The smallest absolute Gasteiger partial charge is 0.344 e. The van der Waals surface area contributed by atoms with Crippen LogP contribution in [0.4, 0.5) is 0 Å². The van der Waals surface area contributed by atoms with Crippen molar-refractivity contribution in [3.05, 3.63) is 155 Å². The van der Waals surface area contributed by atoms with E-state index in [-0.39, 0.29) is 54.5 Å². The van der Waals surface area contributed by atoms with Crippen LogP contribution in [0.25, 0.3) is 0 Å². The largest absolute Gasteiger partial charge is 0.489 e. The standard InChI is InChI=1S/C73H87I2O12S/c1-8-71(32-14-11-15-33-71)85-65(76)47-82-68-50(4)38-54(39-51(68)5)44-79-57-20-26-60(27-21-57)88(61-28-22-58(23-29-61)80-45-55-40-52(6)69(53(7)41-55)83-48-66(77)86-72(9-2)34-16-12-17-35-72)62-30-24-59(25-31-62)81-46-56-42-63(74)70(64(75)43-56)84-49-67(78)87-73(10-3)36-18-13-19-37-73/h20-31,38-43H,8-19,32-37,44-49H2,1-7H3/q+1. The van der Waals surface area contributed by atoms with Crippen molar-refractivity contribution < 1.29 is 57.0 Å². The van der Waals surface area contributed by atoms with E-state index in [4.69, 9.17) is 42.6 Å². The van der Waals surface area contributed by atoms with Gasteiger partial charge >= 0.3 is 17.9 Å². The van der Waals surface area contributed by atoms with Gasteiger partial charge in [0.2, 0.25) is 0 Å². The lowest BCUT2D eigenvalue weighted by molar-refractivity contribution is -0.167. The molecule has 0 saturated heterocycles. The summed E-state index contributed by atoms with van der Waals surface area (Å²) in [6.07, 6.45) is 18.0. The first-order valence-corrected chi connectivity index (χ1v) is 35.0. The zero-order valence-electron chi connectivity index (χ0n) is 52.4. The number of aryl methyl sites for hydroxylation is 4. The number of carbonyl (C=O) groups is 3. The van der Waals surface area contributed by atoms with Gasteiger partial charge in [-0.3, -0.25) is 0 Å². The second kappa shape index (κ2) is 31.4. The van der Waals surface area contributed by atoms with E-state index >= 15 is 0 Å². The van der Waals surface area contributed by atoms with Crippen LogP contribution in [0.2, 0.25) is 0 Å². The Hall–Kier alpha value is -5.66. The second-order valence-electron chi connectivity index (χ2n) is 24.2. The first-order valence-electron chi connectivity index (χ1n) is 31.6. The number of carbonyl (C=O) groups excluding carboxylic acids is 3. The number of hydrogen-bond donors (Lipinski definition) is 0. The van der Waals surface area contributed by atoms with Gasteiger partial charge in [-0.2, -0.15) is 0 Å². The Bertz CT molecular complexity index is 2890. The minimum atomic E-state index is -0.528. The highest BCUT2D eigenvalue weighted by molar-refractivity contribution is 14.1. The summed E-state index contributed by atoms with van der Waals surface area (Å²) in [5.41, 5.74) is 5.60. The van der Waals surface area contributed by atoms with E-state index in [1.165, 1.54) is 19.3 Å². The number of hydrogen-bond acceptors (Lipinski definition) is 12. The third kappa shape index (κ3) is 17.8. The molecule has 0 radical (unpaired) electrons. The lowest BCUT2D eigenvalue weighted by Gasteiger charge is -2.35. The molecule has 12 nitrogen and oxygen atoms in total. The summed E-state index contributed by atoms with van der Waals surface area (Å²) in [5.74, 6) is 3.32. The molecular weight excluding hydrogens is 1350 g/mol. The highest BCUT2D eigenvalue weighted by Crippen LogP contribution is 2.40. The van der Waals surface area contributed by atoms with Gasteiger partial charge in [-0.25, -0.2) is 14.4 Å². The third-order valence-electron chi connectivity index (χ3n) is 17.7. The van der Waals surface area contributed by atoms with Gasteiger partial charge in [-0.05, 0) is 317 Å². The first-order chi connectivity index (χ1) is 42.5. The van der Waals surface area contributed by atoms with Crippen LogP contribution in [0.3, 0.4) is 0 Å². The molecule has 0 spiro atoms. The van der Waals surface area contributed by atoms with E-state index < -0.39 is 10.9 Å².